The highest BCUT2D eigenvalue weighted by Gasteiger charge is 2.26. The Labute approximate surface area is 397 Å². The Morgan fingerprint density at radius 3 is 1.75 bits per heavy atom. The summed E-state index contributed by atoms with van der Waals surface area (Å²) >= 11 is 6.20. The zero-order chi connectivity index (χ0) is 47.7. The molecule has 8 rings (SSSR count). The van der Waals surface area contributed by atoms with E-state index in [1.54, 1.807) is 43.6 Å². The molecule has 2 heterocycles. The fraction of sp³-hybridized carbons (Fsp3) is 0.333. The van der Waals surface area contributed by atoms with Crippen molar-refractivity contribution < 1.29 is 38.4 Å². The number of rotatable bonds is 19. The molecule has 2 saturated carbocycles. The maximum absolute atomic E-state index is 14.1. The van der Waals surface area contributed by atoms with Crippen molar-refractivity contribution in [1.29, 1.82) is 0 Å². The number of aliphatic hydroxyl groups is 2. The molecule has 11 nitrogen and oxygen atoms in total. The van der Waals surface area contributed by atoms with Gasteiger partial charge in [0.25, 0.3) is 11.8 Å². The van der Waals surface area contributed by atoms with Gasteiger partial charge in [0, 0.05) is 41.6 Å². The third-order valence-corrected chi connectivity index (χ3v) is 11.6. The number of aliphatic hydroxyl groups excluding tert-OH is 2. The van der Waals surface area contributed by atoms with Crippen LogP contribution in [0.5, 0.6) is 17.5 Å². The minimum atomic E-state index is -0.481. The molecule has 0 radical (unpaired) electrons. The molecular formula is C54H60ClFN4O7. The molecule has 2 aliphatic rings. The summed E-state index contributed by atoms with van der Waals surface area (Å²) in [6.45, 7) is 7.22. The Hall–Kier alpha value is -6.34. The number of pyridine rings is 2. The van der Waals surface area contributed by atoms with Crippen molar-refractivity contribution in [3.63, 3.8) is 0 Å². The smallest absolute Gasteiger partial charge is 0.257 e. The van der Waals surface area contributed by atoms with Gasteiger partial charge < -0.3 is 35.1 Å². The van der Waals surface area contributed by atoms with Gasteiger partial charge in [-0.15, -0.1) is 0 Å². The van der Waals surface area contributed by atoms with Crippen molar-refractivity contribution in [3.05, 3.63) is 160 Å². The van der Waals surface area contributed by atoms with Crippen molar-refractivity contribution >= 4 is 23.4 Å². The number of nitrogens with one attached hydrogen (secondary N) is 2. The van der Waals surface area contributed by atoms with Crippen LogP contribution in [0.2, 0.25) is 5.02 Å². The fourth-order valence-electron chi connectivity index (χ4n) is 7.05. The molecule has 2 aromatic heterocycles. The Balaban J connectivity index is 0.000000215. The van der Waals surface area contributed by atoms with Crippen LogP contribution in [0.4, 0.5) is 4.39 Å². The number of carbonyl (C=O) groups excluding carboxylic acids is 2. The van der Waals surface area contributed by atoms with E-state index in [2.05, 4.69) is 20.6 Å². The van der Waals surface area contributed by atoms with Gasteiger partial charge in [-0.1, -0.05) is 98.2 Å². The first-order chi connectivity index (χ1) is 32.6. The van der Waals surface area contributed by atoms with Crippen molar-refractivity contribution in [2.24, 2.45) is 11.8 Å². The van der Waals surface area contributed by atoms with Crippen LogP contribution in [0.1, 0.15) is 95.8 Å². The second kappa shape index (κ2) is 25.0. The SMILES string of the molecule is CC.COc1ccc(CNC(=O)c2cc(-c3ccccc3CCC(C)O)cnc2OCC2CC2)cc1F.O=C(NCc1ccccc1Cl)c1cc(-c2ccccc2CO)cnc1OCC1CC1. The van der Waals surface area contributed by atoms with Gasteiger partial charge in [-0.2, -0.15) is 0 Å². The predicted octanol–water partition coefficient (Wildman–Crippen LogP) is 10.6. The minimum absolute atomic E-state index is 0.0931. The Morgan fingerprint density at radius 1 is 0.731 bits per heavy atom. The zero-order valence-corrected chi connectivity index (χ0v) is 39.3. The summed E-state index contributed by atoms with van der Waals surface area (Å²) in [5.41, 5.74) is 7.34. The number of carbonyl (C=O) groups is 2. The van der Waals surface area contributed by atoms with E-state index in [-0.39, 0.29) is 30.7 Å². The fourth-order valence-corrected chi connectivity index (χ4v) is 7.25. The molecule has 1 unspecified atom stereocenters. The number of benzene rings is 4. The molecule has 0 spiro atoms. The van der Waals surface area contributed by atoms with Gasteiger partial charge in [0.1, 0.15) is 11.1 Å². The van der Waals surface area contributed by atoms with Gasteiger partial charge in [-0.25, -0.2) is 14.4 Å². The van der Waals surface area contributed by atoms with Gasteiger partial charge in [0.05, 0.1) is 33.0 Å². The van der Waals surface area contributed by atoms with E-state index in [9.17, 15) is 24.2 Å². The maximum Gasteiger partial charge on any atom is 0.257 e. The molecule has 67 heavy (non-hydrogen) atoms. The first kappa shape index (κ1) is 50.1. The third-order valence-electron chi connectivity index (χ3n) is 11.2. The van der Waals surface area contributed by atoms with Gasteiger partial charge >= 0.3 is 0 Å². The van der Waals surface area contributed by atoms with Gasteiger partial charge in [0.15, 0.2) is 11.6 Å². The summed E-state index contributed by atoms with van der Waals surface area (Å²) < 4.78 is 30.8. The number of amides is 2. The summed E-state index contributed by atoms with van der Waals surface area (Å²) in [4.78, 5) is 35.2. The van der Waals surface area contributed by atoms with Crippen LogP contribution in [0.15, 0.2) is 116 Å². The first-order valence-electron chi connectivity index (χ1n) is 22.9. The summed E-state index contributed by atoms with van der Waals surface area (Å²) in [6.07, 6.45) is 8.89. The average molecular weight is 932 g/mol. The van der Waals surface area contributed by atoms with Crippen LogP contribution in [0.25, 0.3) is 22.3 Å². The molecule has 2 fully saturated rings. The van der Waals surface area contributed by atoms with Crippen LogP contribution in [0, 0.1) is 17.7 Å². The van der Waals surface area contributed by atoms with Crippen LogP contribution >= 0.6 is 11.6 Å². The molecule has 4 N–H and O–H groups in total. The molecule has 4 aromatic carbocycles. The molecule has 0 bridgehead atoms. The molecule has 352 valence electrons. The molecule has 0 saturated heterocycles. The van der Waals surface area contributed by atoms with Gasteiger partial charge in [-0.3, -0.25) is 9.59 Å². The topological polar surface area (TPSA) is 152 Å². The Kier molecular flexibility index (Phi) is 18.7. The summed E-state index contributed by atoms with van der Waals surface area (Å²) in [5, 5.41) is 25.8. The highest BCUT2D eigenvalue weighted by atomic mass is 35.5. The molecule has 6 aromatic rings. The number of halogens is 2. The minimum Gasteiger partial charge on any atom is -0.494 e. The summed E-state index contributed by atoms with van der Waals surface area (Å²) in [6, 6.07) is 31.0. The van der Waals surface area contributed by atoms with Crippen LogP contribution in [0.3, 0.4) is 0 Å². The zero-order valence-electron chi connectivity index (χ0n) is 38.6. The first-order valence-corrected chi connectivity index (χ1v) is 23.3. The monoisotopic (exact) mass is 930 g/mol. The second-order valence-electron chi connectivity index (χ2n) is 16.4. The van der Waals surface area contributed by atoms with E-state index in [1.807, 2.05) is 80.6 Å². The quantitative estimate of drug-likeness (QED) is 0.0622. The lowest BCUT2D eigenvalue weighted by molar-refractivity contribution is 0.0937. The Bertz CT molecular complexity index is 2580. The lowest BCUT2D eigenvalue weighted by atomic mass is 9.96. The van der Waals surface area contributed by atoms with E-state index in [1.165, 1.54) is 19.2 Å². The van der Waals surface area contributed by atoms with Crippen molar-refractivity contribution in [3.8, 4) is 39.8 Å². The normalized spacial score (nSPS) is 13.2. The number of methoxy groups -OCH3 is 1. The van der Waals surface area contributed by atoms with Crippen LogP contribution in [-0.4, -0.2) is 58.4 Å². The van der Waals surface area contributed by atoms with E-state index >= 15 is 0 Å². The molecule has 2 amide bonds. The predicted molar refractivity (Wildman–Crippen MR) is 260 cm³/mol. The molecule has 2 aliphatic carbocycles. The molecule has 13 heteroatoms. The lowest BCUT2D eigenvalue weighted by Gasteiger charge is -2.15. The summed E-state index contributed by atoms with van der Waals surface area (Å²) in [5.74, 6) is 0.715. The number of aromatic nitrogens is 2. The number of ether oxygens (including phenoxy) is 3. The highest BCUT2D eigenvalue weighted by Crippen LogP contribution is 2.34. The van der Waals surface area contributed by atoms with E-state index in [0.29, 0.717) is 77.9 Å². The molecular weight excluding hydrogens is 871 g/mol. The van der Waals surface area contributed by atoms with Crippen molar-refractivity contribution in [2.45, 2.75) is 85.1 Å². The lowest BCUT2D eigenvalue weighted by Crippen LogP contribution is -2.24. The van der Waals surface area contributed by atoms with Gasteiger partial charge in [0.2, 0.25) is 11.8 Å². The van der Waals surface area contributed by atoms with E-state index in [4.69, 9.17) is 25.8 Å². The number of nitrogens with zero attached hydrogens (tertiary/aromatic N) is 2. The van der Waals surface area contributed by atoms with Crippen molar-refractivity contribution in [1.82, 2.24) is 20.6 Å². The van der Waals surface area contributed by atoms with Gasteiger partial charge in [-0.05, 0) is 121 Å². The molecule has 0 aliphatic heterocycles. The standard InChI is InChI=1S/C28H31FN2O4.C24H23ClN2O3.C2H6/c1-18(32)7-11-21-5-3-4-6-23(21)22-14-24(28(31-16-22)35-17-19-8-9-19)27(33)30-15-20-10-12-26(34-2)25(29)13-20;25-22-8-4-2-5-17(22)12-26-23(29)21-11-19(20-7-3-1-6-18(20)14-28)13-27-24(21)30-15-16-9-10-16;1-2/h3-6,10,12-14,16,18-19,32H,7-9,11,15,17H2,1-2H3,(H,30,33);1-8,11,13,16,28H,9-10,12,14-15H2,(H,26,29);1-2H3. The third kappa shape index (κ3) is 14.6. The summed E-state index contributed by atoms with van der Waals surface area (Å²) in [7, 11) is 1.41. The number of aryl methyl sites for hydroxylation is 1. The molecule has 1 atom stereocenters. The number of hydrogen-bond acceptors (Lipinski definition) is 9. The van der Waals surface area contributed by atoms with Crippen LogP contribution < -0.4 is 24.8 Å². The largest absolute Gasteiger partial charge is 0.494 e. The Morgan fingerprint density at radius 2 is 1.24 bits per heavy atom. The number of hydrogen-bond donors (Lipinski definition) is 4. The maximum atomic E-state index is 14.1. The van der Waals surface area contributed by atoms with E-state index < -0.39 is 11.9 Å². The highest BCUT2D eigenvalue weighted by molar-refractivity contribution is 6.31. The van der Waals surface area contributed by atoms with Crippen LogP contribution in [-0.2, 0) is 26.1 Å². The van der Waals surface area contributed by atoms with Crippen molar-refractivity contribution in [2.75, 3.05) is 20.3 Å². The van der Waals surface area contributed by atoms with E-state index in [0.717, 1.165) is 64.6 Å². The average Bonchev–Trinajstić information content (AvgIpc) is 4.31. The second-order valence-corrected chi connectivity index (χ2v) is 16.9.